The SMILES string of the molecule is Clc1ccc(C(CC(Br)=CBr)c2[c]cccn2)c(Cl)c1. The maximum atomic E-state index is 6.33. The summed E-state index contributed by atoms with van der Waals surface area (Å²) in [6, 6.07) is 12.4. The minimum Gasteiger partial charge on any atom is -0.260 e. The van der Waals surface area contributed by atoms with Crippen molar-refractivity contribution in [3.63, 3.8) is 0 Å². The third-order valence-electron chi connectivity index (χ3n) is 2.81. The van der Waals surface area contributed by atoms with E-state index < -0.39 is 0 Å². The van der Waals surface area contributed by atoms with E-state index in [0.29, 0.717) is 10.0 Å². The molecule has 0 aliphatic carbocycles. The third kappa shape index (κ3) is 4.08. The molecule has 0 spiro atoms. The Balaban J connectivity index is 2.46. The van der Waals surface area contributed by atoms with Crippen LogP contribution in [0.3, 0.4) is 0 Å². The van der Waals surface area contributed by atoms with E-state index in [9.17, 15) is 0 Å². The standard InChI is InChI=1S/C15H10Br2Cl2N/c16-9-10(17)7-13(15-3-1-2-6-20-15)12-5-4-11(18)8-14(12)19/h1-2,4-6,8-9,13H,7H2. The van der Waals surface area contributed by atoms with Crippen LogP contribution in [0.1, 0.15) is 23.6 Å². The summed E-state index contributed by atoms with van der Waals surface area (Å²) >= 11 is 19.1. The lowest BCUT2D eigenvalue weighted by Crippen LogP contribution is -2.04. The average Bonchev–Trinajstić information content (AvgIpc) is 2.46. The van der Waals surface area contributed by atoms with Gasteiger partial charge in [0.05, 0.1) is 5.69 Å². The summed E-state index contributed by atoms with van der Waals surface area (Å²) < 4.78 is 1.02. The summed E-state index contributed by atoms with van der Waals surface area (Å²) in [5.41, 5.74) is 1.83. The van der Waals surface area contributed by atoms with Crippen LogP contribution in [-0.2, 0) is 0 Å². The lowest BCUT2D eigenvalue weighted by Gasteiger charge is -2.18. The zero-order valence-electron chi connectivity index (χ0n) is 10.3. The first-order valence-corrected chi connectivity index (χ1v) is 8.30. The first kappa shape index (κ1) is 16.0. The Bertz CT molecular complexity index is 615. The van der Waals surface area contributed by atoms with Crippen LogP contribution >= 0.6 is 55.1 Å². The number of allylic oxidation sites excluding steroid dienone is 1. The van der Waals surface area contributed by atoms with Crippen molar-refractivity contribution in [3.05, 3.63) is 73.4 Å². The summed E-state index contributed by atoms with van der Waals surface area (Å²) in [5, 5.41) is 1.26. The first-order chi connectivity index (χ1) is 9.61. The van der Waals surface area contributed by atoms with Crippen molar-refractivity contribution < 1.29 is 0 Å². The van der Waals surface area contributed by atoms with E-state index in [-0.39, 0.29) is 5.92 Å². The number of hydrogen-bond acceptors (Lipinski definition) is 1. The first-order valence-electron chi connectivity index (χ1n) is 5.84. The maximum absolute atomic E-state index is 6.33. The second-order valence-corrected chi connectivity index (χ2v) is 6.47. The summed E-state index contributed by atoms with van der Waals surface area (Å²) in [6.07, 6.45) is 2.49. The number of nitrogens with zero attached hydrogens (tertiary/aromatic N) is 1. The Labute approximate surface area is 145 Å². The Morgan fingerprint density at radius 1 is 1.40 bits per heavy atom. The van der Waals surface area contributed by atoms with E-state index in [1.807, 2.05) is 29.3 Å². The monoisotopic (exact) mass is 432 g/mol. The van der Waals surface area contributed by atoms with Crippen molar-refractivity contribution in [2.24, 2.45) is 0 Å². The van der Waals surface area contributed by atoms with Gasteiger partial charge in [0.1, 0.15) is 0 Å². The lowest BCUT2D eigenvalue weighted by molar-refractivity contribution is 0.789. The molecule has 103 valence electrons. The van der Waals surface area contributed by atoms with E-state index in [4.69, 9.17) is 23.2 Å². The third-order valence-corrected chi connectivity index (χ3v) is 5.09. The van der Waals surface area contributed by atoms with Gasteiger partial charge in [-0.1, -0.05) is 67.2 Å². The topological polar surface area (TPSA) is 12.9 Å². The number of benzene rings is 1. The van der Waals surface area contributed by atoms with Crippen LogP contribution in [0.15, 0.2) is 46.0 Å². The molecule has 0 fully saturated rings. The second-order valence-electron chi connectivity index (χ2n) is 4.15. The van der Waals surface area contributed by atoms with Crippen LogP contribution in [0.25, 0.3) is 0 Å². The number of hydrogen-bond donors (Lipinski definition) is 0. The van der Waals surface area contributed by atoms with Gasteiger partial charge < -0.3 is 0 Å². The fourth-order valence-electron chi connectivity index (χ4n) is 1.91. The van der Waals surface area contributed by atoms with E-state index in [1.165, 1.54) is 0 Å². The number of halogens is 4. The fraction of sp³-hybridized carbons (Fsp3) is 0.133. The molecule has 0 bridgehead atoms. The Hall–Kier alpha value is -0.350. The second kappa shape index (κ2) is 7.60. The molecule has 0 aliphatic rings. The molecule has 0 saturated heterocycles. The van der Waals surface area contributed by atoms with Gasteiger partial charge in [0.25, 0.3) is 0 Å². The molecule has 0 N–H and O–H groups in total. The zero-order chi connectivity index (χ0) is 14.5. The lowest BCUT2D eigenvalue weighted by atomic mass is 9.92. The highest BCUT2D eigenvalue weighted by Gasteiger charge is 2.19. The highest BCUT2D eigenvalue weighted by Crippen LogP contribution is 2.36. The molecule has 1 nitrogen and oxygen atoms in total. The van der Waals surface area contributed by atoms with E-state index in [0.717, 1.165) is 22.2 Å². The Morgan fingerprint density at radius 3 is 2.80 bits per heavy atom. The summed E-state index contributed by atoms with van der Waals surface area (Å²) in [7, 11) is 0. The van der Waals surface area contributed by atoms with Gasteiger partial charge in [0, 0.05) is 32.7 Å². The van der Waals surface area contributed by atoms with Gasteiger partial charge in [-0.15, -0.1) is 0 Å². The largest absolute Gasteiger partial charge is 0.260 e. The smallest absolute Gasteiger partial charge is 0.0561 e. The number of pyridine rings is 1. The molecule has 0 saturated carbocycles. The van der Waals surface area contributed by atoms with Gasteiger partial charge in [-0.05, 0) is 35.2 Å². The van der Waals surface area contributed by atoms with Crippen molar-refractivity contribution in [2.75, 3.05) is 0 Å². The molecule has 5 heteroatoms. The Morgan fingerprint density at radius 2 is 2.20 bits per heavy atom. The fourth-order valence-corrected chi connectivity index (χ4v) is 2.96. The van der Waals surface area contributed by atoms with Crippen LogP contribution in [0.4, 0.5) is 0 Å². The molecule has 2 rings (SSSR count). The predicted molar refractivity (Wildman–Crippen MR) is 91.9 cm³/mol. The number of rotatable bonds is 4. The Kier molecular flexibility index (Phi) is 6.09. The van der Waals surface area contributed by atoms with Crippen molar-refractivity contribution in [1.29, 1.82) is 0 Å². The average molecular weight is 435 g/mol. The van der Waals surface area contributed by atoms with Crippen LogP contribution < -0.4 is 0 Å². The summed E-state index contributed by atoms with van der Waals surface area (Å²) in [6.45, 7) is 0. The predicted octanol–water partition coefficient (Wildman–Crippen LogP) is 6.34. The van der Waals surface area contributed by atoms with E-state index in [1.54, 1.807) is 12.3 Å². The van der Waals surface area contributed by atoms with Crippen molar-refractivity contribution in [1.82, 2.24) is 4.98 Å². The highest BCUT2D eigenvalue weighted by molar-refractivity contribution is 9.14. The van der Waals surface area contributed by atoms with Crippen LogP contribution in [0.5, 0.6) is 0 Å². The summed E-state index contributed by atoms with van der Waals surface area (Å²) in [4.78, 5) is 6.24. The van der Waals surface area contributed by atoms with E-state index in [2.05, 4.69) is 42.9 Å². The van der Waals surface area contributed by atoms with Gasteiger partial charge >= 0.3 is 0 Å². The molecule has 0 amide bonds. The normalized spacial score (nSPS) is 13.3. The van der Waals surface area contributed by atoms with Crippen molar-refractivity contribution in [2.45, 2.75) is 12.3 Å². The number of aromatic nitrogens is 1. The molecule has 0 aliphatic heterocycles. The molecule has 20 heavy (non-hydrogen) atoms. The molecule has 1 aromatic heterocycles. The zero-order valence-corrected chi connectivity index (χ0v) is 15.0. The summed E-state index contributed by atoms with van der Waals surface area (Å²) in [5.74, 6) is 0.0177. The van der Waals surface area contributed by atoms with Gasteiger partial charge in [0.2, 0.25) is 0 Å². The van der Waals surface area contributed by atoms with E-state index >= 15 is 0 Å². The van der Waals surface area contributed by atoms with Gasteiger partial charge in [-0.3, -0.25) is 4.98 Å². The highest BCUT2D eigenvalue weighted by atomic mass is 79.9. The van der Waals surface area contributed by atoms with Crippen LogP contribution in [0.2, 0.25) is 10.0 Å². The van der Waals surface area contributed by atoms with Gasteiger partial charge in [-0.2, -0.15) is 0 Å². The molecular weight excluding hydrogens is 425 g/mol. The molecule has 2 aromatic rings. The molecule has 1 aromatic carbocycles. The molecule has 1 heterocycles. The van der Waals surface area contributed by atoms with Gasteiger partial charge in [-0.25, -0.2) is 0 Å². The van der Waals surface area contributed by atoms with Gasteiger partial charge in [0.15, 0.2) is 0 Å². The minimum absolute atomic E-state index is 0.0177. The quantitative estimate of drug-likeness (QED) is 0.547. The molecule has 1 unspecified atom stereocenters. The van der Waals surface area contributed by atoms with Crippen molar-refractivity contribution in [3.8, 4) is 0 Å². The minimum atomic E-state index is 0.0177. The van der Waals surface area contributed by atoms with Crippen LogP contribution in [0, 0.1) is 6.07 Å². The van der Waals surface area contributed by atoms with Crippen molar-refractivity contribution >= 4 is 55.1 Å². The van der Waals surface area contributed by atoms with Crippen LogP contribution in [-0.4, -0.2) is 4.98 Å². The molecule has 1 atom stereocenters. The molecular formula is C15H10Br2Cl2N. The molecule has 1 radical (unpaired) electrons. The maximum Gasteiger partial charge on any atom is 0.0561 e.